The molecule has 0 saturated heterocycles. The van der Waals surface area contributed by atoms with Gasteiger partial charge in [0.05, 0.1) is 0 Å². The van der Waals surface area contributed by atoms with Gasteiger partial charge in [-0.1, -0.05) is 57.1 Å². The maximum Gasteiger partial charge on any atom is 0.0245 e. The fourth-order valence-corrected chi connectivity index (χ4v) is 1.63. The molecule has 86 valence electrons. The Kier molecular flexibility index (Phi) is 6.42. The molecule has 1 rings (SSSR count). The van der Waals surface area contributed by atoms with Gasteiger partial charge in [0.25, 0.3) is 0 Å². The fourth-order valence-electron chi connectivity index (χ4n) is 1.63. The first-order valence-corrected chi connectivity index (χ1v) is 6.44. The summed E-state index contributed by atoms with van der Waals surface area (Å²) < 4.78 is 0. The molecule has 0 aliphatic carbocycles. The van der Waals surface area contributed by atoms with Gasteiger partial charge in [-0.15, -0.1) is 0 Å². The summed E-state index contributed by atoms with van der Waals surface area (Å²) >= 11 is 0. The van der Waals surface area contributed by atoms with Crippen molar-refractivity contribution in [2.75, 3.05) is 0 Å². The molecule has 0 heterocycles. The highest BCUT2D eigenvalue weighted by molar-refractivity contribution is 5.36. The molecule has 0 heteroatoms. The highest BCUT2D eigenvalue weighted by Gasteiger charge is 1.88. The minimum absolute atomic E-state index is 1.04. The Labute approximate surface area is 100 Å². The highest BCUT2D eigenvalue weighted by Crippen LogP contribution is 2.04. The summed E-state index contributed by atoms with van der Waals surface area (Å²) in [6, 6.07) is 8.58. The maximum absolute atomic E-state index is 3.25. The van der Waals surface area contributed by atoms with Gasteiger partial charge in [0, 0.05) is 12.0 Å². The van der Waals surface area contributed by atoms with E-state index in [1.54, 1.807) is 0 Å². The van der Waals surface area contributed by atoms with Crippen molar-refractivity contribution in [2.45, 2.75) is 52.4 Å². The summed E-state index contributed by atoms with van der Waals surface area (Å²) in [7, 11) is 0. The first-order valence-electron chi connectivity index (χ1n) is 6.44. The van der Waals surface area contributed by atoms with E-state index in [0.29, 0.717) is 0 Å². The molecule has 0 spiro atoms. The summed E-state index contributed by atoms with van der Waals surface area (Å²) in [5.41, 5.74) is 2.53. The number of aryl methyl sites for hydroxylation is 1. The molecule has 0 amide bonds. The Morgan fingerprint density at radius 2 is 1.69 bits per heavy atom. The van der Waals surface area contributed by atoms with Crippen LogP contribution in [0.2, 0.25) is 0 Å². The quantitative estimate of drug-likeness (QED) is 0.497. The van der Waals surface area contributed by atoms with Crippen molar-refractivity contribution < 1.29 is 0 Å². The third kappa shape index (κ3) is 5.03. The van der Waals surface area contributed by atoms with Crippen molar-refractivity contribution in [1.29, 1.82) is 0 Å². The zero-order valence-electron chi connectivity index (χ0n) is 10.6. The van der Waals surface area contributed by atoms with Crippen LogP contribution in [0.25, 0.3) is 0 Å². The van der Waals surface area contributed by atoms with E-state index < -0.39 is 0 Å². The third-order valence-electron chi connectivity index (χ3n) is 2.75. The Bertz CT molecular complexity index is 335. The molecule has 0 atom stereocenters. The van der Waals surface area contributed by atoms with Crippen LogP contribution in [0.15, 0.2) is 24.3 Å². The van der Waals surface area contributed by atoms with Gasteiger partial charge in [-0.25, -0.2) is 0 Å². The second-order valence-electron chi connectivity index (χ2n) is 4.16. The van der Waals surface area contributed by atoms with Gasteiger partial charge in [-0.3, -0.25) is 0 Å². The van der Waals surface area contributed by atoms with Crippen LogP contribution in [0.4, 0.5) is 0 Å². The second-order valence-corrected chi connectivity index (χ2v) is 4.16. The van der Waals surface area contributed by atoms with Crippen LogP contribution in [0.1, 0.15) is 57.1 Å². The second kappa shape index (κ2) is 7.99. The molecular formula is C16H22. The van der Waals surface area contributed by atoms with Crippen LogP contribution in [0.3, 0.4) is 0 Å². The number of hydrogen-bond donors (Lipinski definition) is 0. The highest BCUT2D eigenvalue weighted by atomic mass is 13.9. The molecular weight excluding hydrogens is 192 g/mol. The topological polar surface area (TPSA) is 0 Å². The van der Waals surface area contributed by atoms with E-state index in [1.165, 1.54) is 31.2 Å². The Balaban J connectivity index is 2.32. The number of rotatable bonds is 5. The predicted molar refractivity (Wildman–Crippen MR) is 71.5 cm³/mol. The Hall–Kier alpha value is -1.22. The smallest absolute Gasteiger partial charge is 0.0245 e. The lowest BCUT2D eigenvalue weighted by atomic mass is 10.1. The molecule has 0 unspecified atom stereocenters. The van der Waals surface area contributed by atoms with E-state index >= 15 is 0 Å². The van der Waals surface area contributed by atoms with E-state index in [4.69, 9.17) is 0 Å². The molecule has 0 aromatic heterocycles. The first-order chi connectivity index (χ1) is 7.86. The molecule has 0 radical (unpaired) electrons. The van der Waals surface area contributed by atoms with E-state index in [9.17, 15) is 0 Å². The molecule has 0 aliphatic rings. The van der Waals surface area contributed by atoms with E-state index in [0.717, 1.165) is 18.4 Å². The van der Waals surface area contributed by atoms with Crippen LogP contribution in [-0.2, 0) is 6.42 Å². The lowest BCUT2D eigenvalue weighted by Gasteiger charge is -1.95. The van der Waals surface area contributed by atoms with Gasteiger partial charge in [0.2, 0.25) is 0 Å². The Morgan fingerprint density at radius 3 is 2.31 bits per heavy atom. The summed E-state index contributed by atoms with van der Waals surface area (Å²) in [5, 5.41) is 0. The molecule has 1 aromatic carbocycles. The van der Waals surface area contributed by atoms with E-state index in [-0.39, 0.29) is 0 Å². The summed E-state index contributed by atoms with van der Waals surface area (Å²) in [4.78, 5) is 0. The summed E-state index contributed by atoms with van der Waals surface area (Å²) in [6.07, 6.45) is 7.34. The zero-order chi connectivity index (χ0) is 11.6. The van der Waals surface area contributed by atoms with Gasteiger partial charge in [0.1, 0.15) is 0 Å². The molecule has 16 heavy (non-hydrogen) atoms. The summed E-state index contributed by atoms with van der Waals surface area (Å²) in [6.45, 7) is 4.41. The Morgan fingerprint density at radius 1 is 0.938 bits per heavy atom. The van der Waals surface area contributed by atoms with Gasteiger partial charge >= 0.3 is 0 Å². The third-order valence-corrected chi connectivity index (χ3v) is 2.75. The molecule has 1 aromatic rings. The standard InChI is InChI=1S/C16H22/c1-3-5-6-7-8-9-10-16-13-11-15(4-2)12-14-16/h11-14H,3-8H2,1-2H3. The average Bonchev–Trinajstić information content (AvgIpc) is 2.34. The fraction of sp³-hybridized carbons (Fsp3) is 0.500. The van der Waals surface area contributed by atoms with Gasteiger partial charge < -0.3 is 0 Å². The lowest BCUT2D eigenvalue weighted by molar-refractivity contribution is 0.679. The van der Waals surface area contributed by atoms with Crippen molar-refractivity contribution in [3.8, 4) is 11.8 Å². The van der Waals surface area contributed by atoms with Crippen molar-refractivity contribution in [3.05, 3.63) is 35.4 Å². The van der Waals surface area contributed by atoms with Crippen LogP contribution < -0.4 is 0 Å². The molecule has 0 fully saturated rings. The van der Waals surface area contributed by atoms with Gasteiger partial charge in [0.15, 0.2) is 0 Å². The molecule has 0 aliphatic heterocycles. The lowest BCUT2D eigenvalue weighted by Crippen LogP contribution is -1.80. The van der Waals surface area contributed by atoms with E-state index in [2.05, 4.69) is 50.0 Å². The minimum Gasteiger partial charge on any atom is -0.0979 e. The largest absolute Gasteiger partial charge is 0.0979 e. The van der Waals surface area contributed by atoms with Crippen molar-refractivity contribution in [2.24, 2.45) is 0 Å². The predicted octanol–water partition coefficient (Wildman–Crippen LogP) is 4.57. The number of benzene rings is 1. The number of unbranched alkanes of at least 4 members (excludes halogenated alkanes) is 4. The minimum atomic E-state index is 1.04. The van der Waals surface area contributed by atoms with Crippen molar-refractivity contribution >= 4 is 0 Å². The van der Waals surface area contributed by atoms with Gasteiger partial charge in [-0.2, -0.15) is 0 Å². The van der Waals surface area contributed by atoms with Crippen LogP contribution in [-0.4, -0.2) is 0 Å². The zero-order valence-corrected chi connectivity index (χ0v) is 10.6. The SMILES string of the molecule is CCCCCCC#Cc1ccc(CC)cc1. The first kappa shape index (κ1) is 12.8. The maximum atomic E-state index is 3.25. The van der Waals surface area contributed by atoms with E-state index in [1.807, 2.05) is 0 Å². The number of hydrogen-bond acceptors (Lipinski definition) is 0. The van der Waals surface area contributed by atoms with Crippen LogP contribution >= 0.6 is 0 Å². The van der Waals surface area contributed by atoms with Gasteiger partial charge in [-0.05, 0) is 30.5 Å². The van der Waals surface area contributed by atoms with Crippen molar-refractivity contribution in [3.63, 3.8) is 0 Å². The molecule has 0 nitrogen and oxygen atoms in total. The van der Waals surface area contributed by atoms with Crippen LogP contribution in [0, 0.1) is 11.8 Å². The normalized spacial score (nSPS) is 9.62. The van der Waals surface area contributed by atoms with Crippen molar-refractivity contribution in [1.82, 2.24) is 0 Å². The summed E-state index contributed by atoms with van der Waals surface area (Å²) in [5.74, 6) is 6.47. The molecule has 0 bridgehead atoms. The molecule has 0 saturated carbocycles. The monoisotopic (exact) mass is 214 g/mol. The average molecular weight is 214 g/mol. The molecule has 0 N–H and O–H groups in total. The van der Waals surface area contributed by atoms with Crippen LogP contribution in [0.5, 0.6) is 0 Å².